The summed E-state index contributed by atoms with van der Waals surface area (Å²) < 4.78 is 7.68. The first-order valence-corrected chi connectivity index (χ1v) is 9.79. The van der Waals surface area contributed by atoms with Gasteiger partial charge in [0.15, 0.2) is 5.16 Å². The highest BCUT2D eigenvalue weighted by molar-refractivity contribution is 7.98. The number of hydrogen-bond acceptors (Lipinski definition) is 5. The van der Waals surface area contributed by atoms with E-state index in [1.54, 1.807) is 18.0 Å². The summed E-state index contributed by atoms with van der Waals surface area (Å²) in [4.78, 5) is 4.56. The molecule has 4 rings (SSSR count). The second kappa shape index (κ2) is 7.58. The minimum atomic E-state index is 0.582. The van der Waals surface area contributed by atoms with Gasteiger partial charge in [0.1, 0.15) is 12.1 Å². The first-order valence-electron chi connectivity index (χ1n) is 8.43. The first kappa shape index (κ1) is 17.8. The van der Waals surface area contributed by atoms with E-state index >= 15 is 0 Å². The molecule has 0 unspecified atom stereocenters. The Bertz CT molecular complexity index is 1070. The number of oxazole rings is 1. The number of rotatable bonds is 5. The largest absolute Gasteiger partial charge is 0.444 e. The van der Waals surface area contributed by atoms with Crippen molar-refractivity contribution in [3.8, 4) is 17.1 Å². The molecule has 7 heteroatoms. The van der Waals surface area contributed by atoms with Crippen LogP contribution >= 0.6 is 23.4 Å². The van der Waals surface area contributed by atoms with Crippen LogP contribution in [-0.4, -0.2) is 19.7 Å². The van der Waals surface area contributed by atoms with Gasteiger partial charge >= 0.3 is 0 Å². The molecule has 0 saturated heterocycles. The molecule has 2 heterocycles. The molecule has 0 atom stereocenters. The lowest BCUT2D eigenvalue weighted by molar-refractivity contribution is 0.573. The smallest absolute Gasteiger partial charge is 0.226 e. The number of para-hydroxylation sites is 1. The van der Waals surface area contributed by atoms with E-state index in [9.17, 15) is 0 Å². The second-order valence-corrected chi connectivity index (χ2v) is 7.47. The molecule has 2 aromatic heterocycles. The van der Waals surface area contributed by atoms with Gasteiger partial charge in [-0.2, -0.15) is 0 Å². The van der Waals surface area contributed by atoms with E-state index in [0.29, 0.717) is 16.7 Å². The summed E-state index contributed by atoms with van der Waals surface area (Å²) in [5.74, 6) is 2.08. The zero-order valence-corrected chi connectivity index (χ0v) is 16.5. The molecule has 0 saturated carbocycles. The van der Waals surface area contributed by atoms with Crippen LogP contribution in [0.1, 0.15) is 17.1 Å². The van der Waals surface area contributed by atoms with Crippen molar-refractivity contribution in [3.05, 3.63) is 76.9 Å². The van der Waals surface area contributed by atoms with E-state index in [1.165, 1.54) is 5.56 Å². The molecule has 0 radical (unpaired) electrons. The molecule has 0 spiro atoms. The molecule has 0 N–H and O–H groups in total. The number of halogens is 1. The Morgan fingerprint density at radius 2 is 1.81 bits per heavy atom. The van der Waals surface area contributed by atoms with Crippen molar-refractivity contribution in [1.29, 1.82) is 0 Å². The fourth-order valence-electron chi connectivity index (χ4n) is 2.76. The summed E-state index contributed by atoms with van der Waals surface area (Å²) in [7, 11) is 0. The number of thioether (sulfide) groups is 1. The van der Waals surface area contributed by atoms with Crippen LogP contribution in [-0.2, 0) is 5.75 Å². The number of benzene rings is 2. The molecule has 27 heavy (non-hydrogen) atoms. The molecule has 0 aliphatic rings. The predicted molar refractivity (Wildman–Crippen MR) is 107 cm³/mol. The summed E-state index contributed by atoms with van der Waals surface area (Å²) in [6.45, 7) is 4.04. The van der Waals surface area contributed by atoms with E-state index in [-0.39, 0.29) is 0 Å². The average Bonchev–Trinajstić information content (AvgIpc) is 3.28. The summed E-state index contributed by atoms with van der Waals surface area (Å²) in [6.07, 6.45) is 1.68. The molecule has 4 aromatic rings. The van der Waals surface area contributed by atoms with Crippen molar-refractivity contribution in [3.63, 3.8) is 0 Å². The highest BCUT2D eigenvalue weighted by Crippen LogP contribution is 2.28. The standard InChI is InChI=1S/C20H17ClN4OS/c1-13-5-3-4-6-18(13)25-14(2)23-24-20(25)27-12-17-11-26-19(22-17)15-7-9-16(21)10-8-15/h3-11H,12H2,1-2H3. The second-order valence-electron chi connectivity index (χ2n) is 6.09. The van der Waals surface area contributed by atoms with Crippen molar-refractivity contribution in [1.82, 2.24) is 19.7 Å². The first-order chi connectivity index (χ1) is 13.1. The predicted octanol–water partition coefficient (Wildman–Crippen LogP) is 5.48. The Morgan fingerprint density at radius 3 is 2.59 bits per heavy atom. The van der Waals surface area contributed by atoms with Gasteiger partial charge in [0.2, 0.25) is 5.89 Å². The molecule has 0 fully saturated rings. The van der Waals surface area contributed by atoms with Crippen LogP contribution in [0.25, 0.3) is 17.1 Å². The molecule has 0 aliphatic carbocycles. The Hall–Kier alpha value is -2.57. The van der Waals surface area contributed by atoms with Crippen molar-refractivity contribution in [2.24, 2.45) is 0 Å². The minimum absolute atomic E-state index is 0.582. The van der Waals surface area contributed by atoms with Crippen molar-refractivity contribution >= 4 is 23.4 Å². The van der Waals surface area contributed by atoms with E-state index < -0.39 is 0 Å². The zero-order chi connectivity index (χ0) is 18.8. The van der Waals surface area contributed by atoms with Crippen LogP contribution in [0.15, 0.2) is 64.4 Å². The van der Waals surface area contributed by atoms with Gasteiger partial charge in [0.25, 0.3) is 0 Å². The quantitative estimate of drug-likeness (QED) is 0.418. The van der Waals surface area contributed by atoms with Crippen LogP contribution in [0.2, 0.25) is 5.02 Å². The van der Waals surface area contributed by atoms with Crippen LogP contribution in [0, 0.1) is 13.8 Å². The Balaban J connectivity index is 1.54. The Labute approximate surface area is 166 Å². The van der Waals surface area contributed by atoms with E-state index in [1.807, 2.05) is 43.3 Å². The normalized spacial score (nSPS) is 11.1. The van der Waals surface area contributed by atoms with Gasteiger partial charge < -0.3 is 4.42 Å². The summed E-state index contributed by atoms with van der Waals surface area (Å²) >= 11 is 7.51. The lowest BCUT2D eigenvalue weighted by Gasteiger charge is -2.10. The molecule has 136 valence electrons. The lowest BCUT2D eigenvalue weighted by Crippen LogP contribution is -2.01. The fraction of sp³-hybridized carbons (Fsp3) is 0.150. The number of aryl methyl sites for hydroxylation is 2. The van der Waals surface area contributed by atoms with Gasteiger partial charge in [0.05, 0.1) is 11.4 Å². The topological polar surface area (TPSA) is 56.7 Å². The molecule has 0 aliphatic heterocycles. The van der Waals surface area contributed by atoms with Crippen molar-refractivity contribution < 1.29 is 4.42 Å². The maximum absolute atomic E-state index is 5.93. The highest BCUT2D eigenvalue weighted by Gasteiger charge is 2.14. The van der Waals surface area contributed by atoms with Crippen LogP contribution in [0.3, 0.4) is 0 Å². The number of nitrogens with zero attached hydrogens (tertiary/aromatic N) is 4. The average molecular weight is 397 g/mol. The maximum Gasteiger partial charge on any atom is 0.226 e. The minimum Gasteiger partial charge on any atom is -0.444 e. The van der Waals surface area contributed by atoms with Crippen molar-refractivity contribution in [2.75, 3.05) is 0 Å². The van der Waals surface area contributed by atoms with E-state index in [4.69, 9.17) is 16.0 Å². The monoisotopic (exact) mass is 396 g/mol. The lowest BCUT2D eigenvalue weighted by atomic mass is 10.2. The van der Waals surface area contributed by atoms with E-state index in [2.05, 4.69) is 38.8 Å². The van der Waals surface area contributed by atoms with Crippen LogP contribution in [0.5, 0.6) is 0 Å². The third-order valence-corrected chi connectivity index (χ3v) is 5.36. The maximum atomic E-state index is 5.93. The summed E-state index contributed by atoms with van der Waals surface area (Å²) in [5.41, 5.74) is 4.01. The molecular formula is C20H17ClN4OS. The van der Waals surface area contributed by atoms with Crippen molar-refractivity contribution in [2.45, 2.75) is 24.8 Å². The number of aromatic nitrogens is 4. The molecule has 0 amide bonds. The molecule has 5 nitrogen and oxygen atoms in total. The Kier molecular flexibility index (Phi) is 5.01. The fourth-order valence-corrected chi connectivity index (χ4v) is 3.76. The van der Waals surface area contributed by atoms with Gasteiger partial charge in [-0.25, -0.2) is 4.98 Å². The SMILES string of the molecule is Cc1ccccc1-n1c(C)nnc1SCc1coc(-c2ccc(Cl)cc2)n1. The molecular weight excluding hydrogens is 380 g/mol. The van der Waals surface area contributed by atoms with Gasteiger partial charge in [-0.3, -0.25) is 4.57 Å². The van der Waals surface area contributed by atoms with Gasteiger partial charge in [-0.05, 0) is 49.7 Å². The molecule has 2 aromatic carbocycles. The Morgan fingerprint density at radius 1 is 1.04 bits per heavy atom. The van der Waals surface area contributed by atoms with Crippen LogP contribution < -0.4 is 0 Å². The van der Waals surface area contributed by atoms with Crippen LogP contribution in [0.4, 0.5) is 0 Å². The van der Waals surface area contributed by atoms with E-state index in [0.717, 1.165) is 27.9 Å². The third-order valence-electron chi connectivity index (χ3n) is 4.14. The highest BCUT2D eigenvalue weighted by atomic mass is 35.5. The third kappa shape index (κ3) is 3.77. The summed E-state index contributed by atoms with van der Waals surface area (Å²) in [5, 5.41) is 10.1. The van der Waals surface area contributed by atoms with Gasteiger partial charge in [-0.15, -0.1) is 10.2 Å². The van der Waals surface area contributed by atoms with Gasteiger partial charge in [-0.1, -0.05) is 41.6 Å². The zero-order valence-electron chi connectivity index (χ0n) is 14.9. The summed E-state index contributed by atoms with van der Waals surface area (Å²) in [6, 6.07) is 15.6. The number of hydrogen-bond donors (Lipinski definition) is 0. The van der Waals surface area contributed by atoms with Gasteiger partial charge in [0, 0.05) is 16.3 Å². The molecule has 0 bridgehead atoms.